The number of urea groups is 1. The van der Waals surface area contributed by atoms with E-state index < -0.39 is 5.97 Å². The number of carbonyl (C=O) groups excluding carboxylic acids is 1. The highest BCUT2D eigenvalue weighted by atomic mass is 16.4. The van der Waals surface area contributed by atoms with Gasteiger partial charge in [-0.05, 0) is 19.3 Å². The van der Waals surface area contributed by atoms with Crippen molar-refractivity contribution in [1.82, 2.24) is 10.6 Å². The first-order chi connectivity index (χ1) is 8.66. The van der Waals surface area contributed by atoms with Gasteiger partial charge in [0.25, 0.3) is 0 Å². The van der Waals surface area contributed by atoms with E-state index in [1.54, 1.807) is 0 Å². The molecule has 2 amide bonds. The number of carboxylic acids is 1. The fourth-order valence-corrected chi connectivity index (χ4v) is 1.60. The van der Waals surface area contributed by atoms with Crippen LogP contribution >= 0.6 is 0 Å². The summed E-state index contributed by atoms with van der Waals surface area (Å²) in [4.78, 5) is 21.5. The molecule has 0 atom stereocenters. The number of amides is 2. The minimum Gasteiger partial charge on any atom is -0.481 e. The molecule has 0 aliphatic heterocycles. The van der Waals surface area contributed by atoms with Crippen molar-refractivity contribution in [3.8, 4) is 0 Å². The number of aliphatic carboxylic acids is 1. The number of hydrogen-bond acceptors (Lipinski definition) is 2. The summed E-state index contributed by atoms with van der Waals surface area (Å²) in [6.45, 7) is 3.52. The summed E-state index contributed by atoms with van der Waals surface area (Å²) in [5.74, 6) is -0.736. The molecule has 0 heterocycles. The van der Waals surface area contributed by atoms with Crippen LogP contribution < -0.4 is 10.6 Å². The SMILES string of the molecule is CCCCCNC(=O)NCCCCCCC(=O)O. The number of unbranched alkanes of at least 4 members (excludes halogenated alkanes) is 5. The van der Waals surface area contributed by atoms with Crippen molar-refractivity contribution >= 4 is 12.0 Å². The number of hydrogen-bond donors (Lipinski definition) is 3. The first kappa shape index (κ1) is 16.7. The van der Waals surface area contributed by atoms with Crippen molar-refractivity contribution in [2.24, 2.45) is 0 Å². The first-order valence-corrected chi connectivity index (χ1v) is 6.90. The van der Waals surface area contributed by atoms with Crippen molar-refractivity contribution in [1.29, 1.82) is 0 Å². The highest BCUT2D eigenvalue weighted by molar-refractivity contribution is 5.73. The molecule has 0 saturated carbocycles. The van der Waals surface area contributed by atoms with Crippen molar-refractivity contribution in [3.05, 3.63) is 0 Å². The third kappa shape index (κ3) is 12.8. The summed E-state index contributed by atoms with van der Waals surface area (Å²) in [5.41, 5.74) is 0. The molecule has 5 nitrogen and oxygen atoms in total. The van der Waals surface area contributed by atoms with Crippen LogP contribution in [0.2, 0.25) is 0 Å². The normalized spacial score (nSPS) is 10.1. The minimum atomic E-state index is -0.736. The van der Waals surface area contributed by atoms with Crippen LogP contribution in [0, 0.1) is 0 Å². The zero-order valence-corrected chi connectivity index (χ0v) is 11.3. The molecule has 3 N–H and O–H groups in total. The monoisotopic (exact) mass is 258 g/mol. The maximum Gasteiger partial charge on any atom is 0.314 e. The van der Waals surface area contributed by atoms with Gasteiger partial charge in [0.15, 0.2) is 0 Å². The molecule has 18 heavy (non-hydrogen) atoms. The van der Waals surface area contributed by atoms with Crippen LogP contribution in [0.1, 0.15) is 58.3 Å². The number of rotatable bonds is 11. The second-order valence-electron chi connectivity index (χ2n) is 4.45. The Kier molecular flexibility index (Phi) is 11.3. The van der Waals surface area contributed by atoms with Crippen LogP contribution in [0.3, 0.4) is 0 Å². The fourth-order valence-electron chi connectivity index (χ4n) is 1.60. The zero-order chi connectivity index (χ0) is 13.6. The molecule has 0 radical (unpaired) electrons. The van der Waals surface area contributed by atoms with Crippen LogP contribution in [0.25, 0.3) is 0 Å². The number of nitrogens with one attached hydrogen (secondary N) is 2. The minimum absolute atomic E-state index is 0.100. The maximum absolute atomic E-state index is 11.3. The zero-order valence-electron chi connectivity index (χ0n) is 11.3. The summed E-state index contributed by atoms with van der Waals surface area (Å²) in [6, 6.07) is -0.100. The van der Waals surface area contributed by atoms with Crippen LogP contribution in [-0.4, -0.2) is 30.2 Å². The van der Waals surface area contributed by atoms with Crippen LogP contribution in [0.4, 0.5) is 4.79 Å². The highest BCUT2D eigenvalue weighted by Gasteiger charge is 1.99. The lowest BCUT2D eigenvalue weighted by molar-refractivity contribution is -0.137. The summed E-state index contributed by atoms with van der Waals surface area (Å²) in [5, 5.41) is 14.0. The van der Waals surface area contributed by atoms with E-state index in [1.807, 2.05) is 0 Å². The molecule has 0 bridgehead atoms. The van der Waals surface area contributed by atoms with Gasteiger partial charge in [-0.15, -0.1) is 0 Å². The molecule has 0 unspecified atom stereocenters. The van der Waals surface area contributed by atoms with E-state index in [1.165, 1.54) is 0 Å². The Labute approximate surface area is 109 Å². The van der Waals surface area contributed by atoms with Gasteiger partial charge in [-0.3, -0.25) is 4.79 Å². The van der Waals surface area contributed by atoms with Gasteiger partial charge >= 0.3 is 12.0 Å². The average Bonchev–Trinajstić information content (AvgIpc) is 2.33. The second kappa shape index (κ2) is 12.2. The van der Waals surface area contributed by atoms with Gasteiger partial charge in [-0.25, -0.2) is 4.79 Å². The summed E-state index contributed by atoms with van der Waals surface area (Å²) >= 11 is 0. The van der Waals surface area contributed by atoms with Gasteiger partial charge in [0.05, 0.1) is 0 Å². The topological polar surface area (TPSA) is 78.4 Å². The molecule has 106 valence electrons. The summed E-state index contributed by atoms with van der Waals surface area (Å²) in [6.07, 6.45) is 7.06. The molecule has 0 aromatic heterocycles. The smallest absolute Gasteiger partial charge is 0.314 e. The Bertz CT molecular complexity index is 232. The largest absolute Gasteiger partial charge is 0.481 e. The Morgan fingerprint density at radius 1 is 0.889 bits per heavy atom. The van der Waals surface area contributed by atoms with Crippen LogP contribution in [0.5, 0.6) is 0 Å². The maximum atomic E-state index is 11.3. The third-order valence-electron chi connectivity index (χ3n) is 2.67. The highest BCUT2D eigenvalue weighted by Crippen LogP contribution is 2.02. The summed E-state index contributed by atoms with van der Waals surface area (Å²) in [7, 11) is 0. The quantitative estimate of drug-likeness (QED) is 0.498. The van der Waals surface area contributed by atoms with Gasteiger partial charge < -0.3 is 15.7 Å². The number of carboxylic acid groups (broad SMARTS) is 1. The van der Waals surface area contributed by atoms with E-state index in [4.69, 9.17) is 5.11 Å². The Morgan fingerprint density at radius 3 is 2.00 bits per heavy atom. The molecular formula is C13H26N2O3. The Balaban J connectivity index is 3.17. The van der Waals surface area contributed by atoms with E-state index in [0.717, 1.165) is 51.5 Å². The predicted molar refractivity (Wildman–Crippen MR) is 71.6 cm³/mol. The lowest BCUT2D eigenvalue weighted by atomic mass is 10.1. The second-order valence-corrected chi connectivity index (χ2v) is 4.45. The molecule has 5 heteroatoms. The molecule has 0 aliphatic rings. The molecular weight excluding hydrogens is 232 g/mol. The van der Waals surface area contributed by atoms with Crippen LogP contribution in [0.15, 0.2) is 0 Å². The average molecular weight is 258 g/mol. The van der Waals surface area contributed by atoms with Crippen molar-refractivity contribution in [3.63, 3.8) is 0 Å². The Hall–Kier alpha value is -1.26. The Morgan fingerprint density at radius 2 is 1.44 bits per heavy atom. The van der Waals surface area contributed by atoms with E-state index >= 15 is 0 Å². The van der Waals surface area contributed by atoms with Gasteiger partial charge in [0, 0.05) is 19.5 Å². The van der Waals surface area contributed by atoms with Crippen molar-refractivity contribution in [2.45, 2.75) is 58.3 Å². The van der Waals surface area contributed by atoms with Crippen LogP contribution in [-0.2, 0) is 4.79 Å². The van der Waals surface area contributed by atoms with E-state index in [2.05, 4.69) is 17.6 Å². The fraction of sp³-hybridized carbons (Fsp3) is 0.846. The lowest BCUT2D eigenvalue weighted by Crippen LogP contribution is -2.36. The van der Waals surface area contributed by atoms with Gasteiger partial charge in [0.2, 0.25) is 0 Å². The molecule has 0 spiro atoms. The number of carbonyl (C=O) groups is 2. The molecule has 0 rings (SSSR count). The van der Waals surface area contributed by atoms with Crippen molar-refractivity contribution in [2.75, 3.05) is 13.1 Å². The molecule has 0 aliphatic carbocycles. The molecule has 0 aromatic rings. The lowest BCUT2D eigenvalue weighted by Gasteiger charge is -2.07. The standard InChI is InChI=1S/C13H26N2O3/c1-2-3-7-10-14-13(18)15-11-8-5-4-6-9-12(16)17/h2-11H2,1H3,(H,16,17)(H2,14,15,18). The van der Waals surface area contributed by atoms with E-state index in [9.17, 15) is 9.59 Å². The predicted octanol–water partition coefficient (Wildman–Crippen LogP) is 2.51. The molecule has 0 fully saturated rings. The third-order valence-corrected chi connectivity index (χ3v) is 2.67. The van der Waals surface area contributed by atoms with Gasteiger partial charge in [-0.1, -0.05) is 32.6 Å². The summed E-state index contributed by atoms with van der Waals surface area (Å²) < 4.78 is 0. The molecule has 0 aromatic carbocycles. The molecule has 0 saturated heterocycles. The van der Waals surface area contributed by atoms with Crippen molar-refractivity contribution < 1.29 is 14.7 Å². The van der Waals surface area contributed by atoms with E-state index in [0.29, 0.717) is 6.54 Å². The van der Waals surface area contributed by atoms with E-state index in [-0.39, 0.29) is 12.5 Å². The van der Waals surface area contributed by atoms with Gasteiger partial charge in [0.1, 0.15) is 0 Å². The van der Waals surface area contributed by atoms with Gasteiger partial charge in [-0.2, -0.15) is 0 Å². The first-order valence-electron chi connectivity index (χ1n) is 6.90.